The van der Waals surface area contributed by atoms with E-state index in [2.05, 4.69) is 0 Å². The molecule has 1 fully saturated rings. The number of aliphatic carboxylic acids is 1. The molecule has 4 heteroatoms. The molecule has 96 valence electrons. The van der Waals surface area contributed by atoms with Crippen molar-refractivity contribution in [2.45, 2.75) is 18.9 Å². The third kappa shape index (κ3) is 2.43. The largest absolute Gasteiger partial charge is 0.480 e. The number of hydrogen-bond acceptors (Lipinski definition) is 3. The number of hydrogen-bond donors (Lipinski definition) is 1. The fraction of sp³-hybridized carbons (Fsp3) is 0.429. The molecule has 1 aromatic carbocycles. The molecule has 1 heterocycles. The first-order chi connectivity index (χ1) is 8.63. The van der Waals surface area contributed by atoms with Crippen LogP contribution in [0.25, 0.3) is 0 Å². The van der Waals surface area contributed by atoms with Crippen LogP contribution in [0.1, 0.15) is 18.4 Å². The van der Waals surface area contributed by atoms with E-state index >= 15 is 0 Å². The first-order valence-electron chi connectivity index (χ1n) is 6.10. The van der Waals surface area contributed by atoms with Crippen LogP contribution in [-0.4, -0.2) is 41.4 Å². The average Bonchev–Trinajstić information content (AvgIpc) is 2.82. The Bertz CT molecular complexity index is 432. The van der Waals surface area contributed by atoms with Crippen molar-refractivity contribution in [1.82, 2.24) is 4.90 Å². The standard InChI is InChI=1S/C14H17NO3/c1-10(14(17)18)15-7-12(9-16)13(8-15)11-5-3-2-4-6-11/h2-6,9-10,12-13H,7-8H2,1H3,(H,17,18)/t10-,12?,13?/m1/s1. The summed E-state index contributed by atoms with van der Waals surface area (Å²) in [6.45, 7) is 2.81. The molecule has 0 aromatic heterocycles. The minimum absolute atomic E-state index is 0.102. The molecule has 0 bridgehead atoms. The van der Waals surface area contributed by atoms with E-state index in [1.165, 1.54) is 0 Å². The second kappa shape index (κ2) is 5.31. The van der Waals surface area contributed by atoms with Crippen LogP contribution in [-0.2, 0) is 9.59 Å². The van der Waals surface area contributed by atoms with Gasteiger partial charge in [0.15, 0.2) is 0 Å². The normalized spacial score (nSPS) is 25.8. The van der Waals surface area contributed by atoms with Gasteiger partial charge < -0.3 is 9.90 Å². The van der Waals surface area contributed by atoms with Crippen molar-refractivity contribution in [1.29, 1.82) is 0 Å². The molecule has 1 aromatic rings. The maximum Gasteiger partial charge on any atom is 0.320 e. The first kappa shape index (κ1) is 12.8. The highest BCUT2D eigenvalue weighted by atomic mass is 16.4. The lowest BCUT2D eigenvalue weighted by Crippen LogP contribution is -2.37. The van der Waals surface area contributed by atoms with E-state index < -0.39 is 12.0 Å². The number of benzene rings is 1. The lowest BCUT2D eigenvalue weighted by molar-refractivity contribution is -0.142. The number of nitrogens with zero attached hydrogens (tertiary/aromatic N) is 1. The van der Waals surface area contributed by atoms with E-state index in [9.17, 15) is 9.59 Å². The van der Waals surface area contributed by atoms with Crippen LogP contribution >= 0.6 is 0 Å². The summed E-state index contributed by atoms with van der Waals surface area (Å²) in [6, 6.07) is 9.28. The van der Waals surface area contributed by atoms with Gasteiger partial charge in [-0.15, -0.1) is 0 Å². The third-order valence-corrected chi connectivity index (χ3v) is 3.70. The molecule has 1 aliphatic heterocycles. The molecule has 4 nitrogen and oxygen atoms in total. The highest BCUT2D eigenvalue weighted by Gasteiger charge is 2.37. The molecule has 0 radical (unpaired) electrons. The summed E-state index contributed by atoms with van der Waals surface area (Å²) in [6.07, 6.45) is 0.951. The summed E-state index contributed by atoms with van der Waals surface area (Å²) in [5.41, 5.74) is 1.11. The maximum atomic E-state index is 11.2. The lowest BCUT2D eigenvalue weighted by atomic mass is 9.90. The Hall–Kier alpha value is -1.68. The predicted molar refractivity (Wildman–Crippen MR) is 67.4 cm³/mol. The van der Waals surface area contributed by atoms with Crippen LogP contribution in [0.4, 0.5) is 0 Å². The minimum atomic E-state index is -0.839. The van der Waals surface area contributed by atoms with Gasteiger partial charge in [0.05, 0.1) is 0 Å². The Morgan fingerprint density at radius 2 is 2.06 bits per heavy atom. The highest BCUT2D eigenvalue weighted by Crippen LogP contribution is 2.32. The highest BCUT2D eigenvalue weighted by molar-refractivity contribution is 5.73. The number of carbonyl (C=O) groups excluding carboxylic acids is 1. The average molecular weight is 247 g/mol. The summed E-state index contributed by atoms with van der Waals surface area (Å²) in [5, 5.41) is 9.03. The van der Waals surface area contributed by atoms with Gasteiger partial charge in [-0.2, -0.15) is 0 Å². The Kier molecular flexibility index (Phi) is 3.77. The minimum Gasteiger partial charge on any atom is -0.480 e. The second-order valence-electron chi connectivity index (χ2n) is 4.79. The zero-order valence-corrected chi connectivity index (χ0v) is 10.3. The van der Waals surface area contributed by atoms with Crippen LogP contribution in [0.2, 0.25) is 0 Å². The van der Waals surface area contributed by atoms with E-state index in [-0.39, 0.29) is 11.8 Å². The van der Waals surface area contributed by atoms with Gasteiger partial charge in [-0.3, -0.25) is 9.69 Å². The van der Waals surface area contributed by atoms with E-state index in [0.717, 1.165) is 11.8 Å². The van der Waals surface area contributed by atoms with Crippen molar-refractivity contribution in [3.05, 3.63) is 35.9 Å². The number of carboxylic acid groups (broad SMARTS) is 1. The molecule has 0 saturated carbocycles. The van der Waals surface area contributed by atoms with E-state index in [1.54, 1.807) is 6.92 Å². The van der Waals surface area contributed by atoms with E-state index in [0.29, 0.717) is 13.1 Å². The molecule has 0 aliphatic carbocycles. The van der Waals surface area contributed by atoms with Crippen LogP contribution in [0.15, 0.2) is 30.3 Å². The van der Waals surface area contributed by atoms with E-state index in [1.807, 2.05) is 35.2 Å². The Morgan fingerprint density at radius 1 is 1.39 bits per heavy atom. The summed E-state index contributed by atoms with van der Waals surface area (Å²) < 4.78 is 0. The molecule has 18 heavy (non-hydrogen) atoms. The van der Waals surface area contributed by atoms with Crippen molar-refractivity contribution in [2.75, 3.05) is 13.1 Å². The number of rotatable bonds is 4. The lowest BCUT2D eigenvalue weighted by Gasteiger charge is -2.20. The van der Waals surface area contributed by atoms with Crippen LogP contribution in [0.5, 0.6) is 0 Å². The van der Waals surface area contributed by atoms with E-state index in [4.69, 9.17) is 5.11 Å². The Labute approximate surface area is 106 Å². The van der Waals surface area contributed by atoms with Gasteiger partial charge in [0.25, 0.3) is 0 Å². The zero-order chi connectivity index (χ0) is 13.1. The van der Waals surface area contributed by atoms with Gasteiger partial charge in [0, 0.05) is 24.9 Å². The number of carbonyl (C=O) groups is 2. The topological polar surface area (TPSA) is 57.6 Å². The number of likely N-dealkylation sites (tertiary alicyclic amines) is 1. The molecular formula is C14H17NO3. The zero-order valence-electron chi connectivity index (χ0n) is 10.3. The van der Waals surface area contributed by atoms with Gasteiger partial charge in [-0.1, -0.05) is 30.3 Å². The third-order valence-electron chi connectivity index (χ3n) is 3.70. The molecule has 1 aliphatic rings. The fourth-order valence-corrected chi connectivity index (χ4v) is 2.52. The van der Waals surface area contributed by atoms with Crippen molar-refractivity contribution < 1.29 is 14.7 Å². The summed E-state index contributed by atoms with van der Waals surface area (Å²) in [5.74, 6) is -0.854. The molecule has 2 rings (SSSR count). The summed E-state index contributed by atoms with van der Waals surface area (Å²) >= 11 is 0. The van der Waals surface area contributed by atoms with Gasteiger partial charge >= 0.3 is 5.97 Å². The summed E-state index contributed by atoms with van der Waals surface area (Å²) in [7, 11) is 0. The molecule has 1 saturated heterocycles. The monoisotopic (exact) mass is 247 g/mol. The van der Waals surface area contributed by atoms with Gasteiger partial charge in [-0.05, 0) is 12.5 Å². The van der Waals surface area contributed by atoms with Crippen molar-refractivity contribution >= 4 is 12.3 Å². The Morgan fingerprint density at radius 3 is 2.61 bits per heavy atom. The van der Waals surface area contributed by atoms with Crippen molar-refractivity contribution in [3.8, 4) is 0 Å². The van der Waals surface area contributed by atoms with Crippen LogP contribution in [0, 0.1) is 5.92 Å². The van der Waals surface area contributed by atoms with Crippen LogP contribution in [0.3, 0.4) is 0 Å². The molecule has 3 atom stereocenters. The fourth-order valence-electron chi connectivity index (χ4n) is 2.52. The second-order valence-corrected chi connectivity index (χ2v) is 4.79. The van der Waals surface area contributed by atoms with Gasteiger partial charge in [0.1, 0.15) is 12.3 Å². The molecule has 1 N–H and O–H groups in total. The smallest absolute Gasteiger partial charge is 0.320 e. The number of carboxylic acids is 1. The molecule has 0 amide bonds. The SMILES string of the molecule is C[C@H](C(=O)O)N1CC(C=O)C(c2ccccc2)C1. The predicted octanol–water partition coefficient (Wildman–Crippen LogP) is 1.37. The van der Waals surface area contributed by atoms with Gasteiger partial charge in [-0.25, -0.2) is 0 Å². The summed E-state index contributed by atoms with van der Waals surface area (Å²) in [4.78, 5) is 24.0. The van der Waals surface area contributed by atoms with Crippen molar-refractivity contribution in [2.24, 2.45) is 5.92 Å². The molecule has 0 spiro atoms. The van der Waals surface area contributed by atoms with Gasteiger partial charge in [0.2, 0.25) is 0 Å². The van der Waals surface area contributed by atoms with Crippen LogP contribution < -0.4 is 0 Å². The first-order valence-corrected chi connectivity index (χ1v) is 6.10. The quantitative estimate of drug-likeness (QED) is 0.816. The maximum absolute atomic E-state index is 11.2. The molecule has 2 unspecified atom stereocenters. The molecular weight excluding hydrogens is 230 g/mol. The van der Waals surface area contributed by atoms with Crippen molar-refractivity contribution in [3.63, 3.8) is 0 Å². The number of aldehydes is 1. The Balaban J connectivity index is 2.17.